The van der Waals surface area contributed by atoms with Crippen LogP contribution in [0.1, 0.15) is 0 Å². The van der Waals surface area contributed by atoms with Gasteiger partial charge >= 0.3 is 5.69 Å². The van der Waals surface area contributed by atoms with Gasteiger partial charge in [0.1, 0.15) is 0 Å². The van der Waals surface area contributed by atoms with Gasteiger partial charge in [0.05, 0.1) is 12.0 Å². The molecule has 0 saturated carbocycles. The number of nitro benzene ring substituents is 1. The van der Waals surface area contributed by atoms with Crippen LogP contribution in [0.25, 0.3) is 0 Å². The van der Waals surface area contributed by atoms with Gasteiger partial charge in [-0.15, -0.1) is 0 Å². The van der Waals surface area contributed by atoms with Crippen LogP contribution >= 0.6 is 0 Å². The Labute approximate surface area is 96.8 Å². The zero-order valence-electron chi connectivity index (χ0n) is 7.35. The van der Waals surface area contributed by atoms with Gasteiger partial charge in [-0.2, -0.15) is 0 Å². The number of methoxy groups -OCH3 is 1. The van der Waals surface area contributed by atoms with Crippen molar-refractivity contribution >= 4 is 35.2 Å². The summed E-state index contributed by atoms with van der Waals surface area (Å²) in [5, 5.41) is 19.5. The molecular weight excluding hydrogens is 185 g/mol. The fourth-order valence-electron chi connectivity index (χ4n) is 0.823. The van der Waals surface area contributed by atoms with Crippen LogP contribution in [0.5, 0.6) is 11.5 Å². The molecule has 0 fully saturated rings. The SMILES string of the molecule is COc1cccc([N+](=O)[O-])c1O.[Na]. The van der Waals surface area contributed by atoms with Gasteiger partial charge in [0, 0.05) is 35.6 Å². The summed E-state index contributed by atoms with van der Waals surface area (Å²) in [6.07, 6.45) is 0. The van der Waals surface area contributed by atoms with E-state index in [0.717, 1.165) is 0 Å². The predicted octanol–water partition coefficient (Wildman–Crippen LogP) is 0.928. The van der Waals surface area contributed by atoms with Crippen LogP contribution < -0.4 is 4.74 Å². The van der Waals surface area contributed by atoms with Crippen molar-refractivity contribution in [2.24, 2.45) is 0 Å². The molecule has 0 aromatic heterocycles. The largest absolute Gasteiger partial charge is 0.500 e. The molecule has 0 spiro atoms. The number of nitro groups is 1. The Bertz CT molecular complexity index is 315. The molecule has 0 saturated heterocycles. The second kappa shape index (κ2) is 5.06. The Morgan fingerprint density at radius 1 is 1.54 bits per heavy atom. The molecule has 1 N–H and O–H groups in total. The van der Waals surface area contributed by atoms with Crippen molar-refractivity contribution in [3.05, 3.63) is 28.3 Å². The summed E-state index contributed by atoms with van der Waals surface area (Å²) in [4.78, 5) is 9.61. The van der Waals surface area contributed by atoms with Gasteiger partial charge in [-0.1, -0.05) is 6.07 Å². The molecule has 0 aliphatic heterocycles. The Kier molecular flexibility index (Phi) is 4.76. The number of phenols is 1. The van der Waals surface area contributed by atoms with E-state index in [0.29, 0.717) is 0 Å². The normalized spacial score (nSPS) is 8.69. The van der Waals surface area contributed by atoms with Crippen molar-refractivity contribution in [1.82, 2.24) is 0 Å². The first kappa shape index (κ1) is 12.2. The molecule has 0 aliphatic carbocycles. The zero-order chi connectivity index (χ0) is 9.14. The summed E-state index contributed by atoms with van der Waals surface area (Å²) in [7, 11) is 1.33. The van der Waals surface area contributed by atoms with Crippen LogP contribution in [0.2, 0.25) is 0 Å². The van der Waals surface area contributed by atoms with Gasteiger partial charge in [-0.25, -0.2) is 0 Å². The topological polar surface area (TPSA) is 72.6 Å². The number of ether oxygens (including phenoxy) is 1. The minimum Gasteiger partial charge on any atom is -0.500 e. The molecule has 0 unspecified atom stereocenters. The van der Waals surface area contributed by atoms with Gasteiger partial charge < -0.3 is 9.84 Å². The van der Waals surface area contributed by atoms with Gasteiger partial charge in [0.15, 0.2) is 5.75 Å². The monoisotopic (exact) mass is 192 g/mol. The Balaban J connectivity index is 0.00000144. The fraction of sp³-hybridized carbons (Fsp3) is 0.143. The predicted molar refractivity (Wildman–Crippen MR) is 47.1 cm³/mol. The van der Waals surface area contributed by atoms with Crippen LogP contribution in [-0.2, 0) is 0 Å². The van der Waals surface area contributed by atoms with Crippen molar-refractivity contribution in [2.75, 3.05) is 7.11 Å². The number of phenolic OH excluding ortho intramolecular Hbond substituents is 1. The molecule has 6 heteroatoms. The zero-order valence-corrected chi connectivity index (χ0v) is 9.35. The van der Waals surface area contributed by atoms with E-state index in [9.17, 15) is 15.2 Å². The van der Waals surface area contributed by atoms with Crippen molar-refractivity contribution in [3.8, 4) is 11.5 Å². The minimum atomic E-state index is -0.669. The third-order valence-corrected chi connectivity index (χ3v) is 1.39. The van der Waals surface area contributed by atoms with E-state index >= 15 is 0 Å². The molecule has 0 aliphatic rings. The number of benzene rings is 1. The summed E-state index contributed by atoms with van der Waals surface area (Å²) < 4.78 is 4.68. The molecule has 1 rings (SSSR count). The molecule has 0 amide bonds. The van der Waals surface area contributed by atoms with Crippen molar-refractivity contribution in [1.29, 1.82) is 0 Å². The molecule has 65 valence electrons. The molecule has 13 heavy (non-hydrogen) atoms. The van der Waals surface area contributed by atoms with E-state index in [-0.39, 0.29) is 41.0 Å². The van der Waals surface area contributed by atoms with E-state index < -0.39 is 10.7 Å². The molecule has 1 aromatic carbocycles. The first-order chi connectivity index (χ1) is 5.66. The van der Waals surface area contributed by atoms with E-state index in [1.807, 2.05) is 0 Å². The van der Waals surface area contributed by atoms with Gasteiger partial charge in [0.25, 0.3) is 0 Å². The van der Waals surface area contributed by atoms with Crippen molar-refractivity contribution in [2.45, 2.75) is 0 Å². The van der Waals surface area contributed by atoms with E-state index in [1.165, 1.54) is 25.3 Å². The molecule has 1 aromatic rings. The van der Waals surface area contributed by atoms with Crippen LogP contribution in [0.4, 0.5) is 5.69 Å². The Morgan fingerprint density at radius 3 is 2.62 bits per heavy atom. The maximum Gasteiger partial charge on any atom is 0.314 e. The quantitative estimate of drug-likeness (QED) is 0.429. The van der Waals surface area contributed by atoms with Crippen LogP contribution in [0.3, 0.4) is 0 Å². The third kappa shape index (κ3) is 2.58. The van der Waals surface area contributed by atoms with Crippen LogP contribution in [0, 0.1) is 10.1 Å². The van der Waals surface area contributed by atoms with Crippen molar-refractivity contribution in [3.63, 3.8) is 0 Å². The third-order valence-electron chi connectivity index (χ3n) is 1.39. The maximum absolute atomic E-state index is 10.3. The summed E-state index contributed by atoms with van der Waals surface area (Å²) in [6.45, 7) is 0. The molecule has 0 heterocycles. The maximum atomic E-state index is 10.3. The summed E-state index contributed by atoms with van der Waals surface area (Å²) in [5.74, 6) is -0.339. The molecule has 0 atom stereocenters. The first-order valence-electron chi connectivity index (χ1n) is 3.17. The Hall–Kier alpha value is -0.780. The molecule has 5 nitrogen and oxygen atoms in total. The van der Waals surface area contributed by atoms with E-state index in [4.69, 9.17) is 0 Å². The van der Waals surface area contributed by atoms with Crippen LogP contribution in [-0.4, -0.2) is 46.7 Å². The van der Waals surface area contributed by atoms with Gasteiger partial charge in [-0.3, -0.25) is 10.1 Å². The fourth-order valence-corrected chi connectivity index (χ4v) is 0.823. The van der Waals surface area contributed by atoms with Gasteiger partial charge in [-0.05, 0) is 6.07 Å². The smallest absolute Gasteiger partial charge is 0.314 e. The van der Waals surface area contributed by atoms with E-state index in [2.05, 4.69) is 4.74 Å². The summed E-state index contributed by atoms with van der Waals surface area (Å²) in [6, 6.07) is 4.09. The summed E-state index contributed by atoms with van der Waals surface area (Å²) >= 11 is 0. The molecular formula is C7H7NNaO4. The molecule has 0 bridgehead atoms. The first-order valence-corrected chi connectivity index (χ1v) is 3.17. The average molecular weight is 192 g/mol. The van der Waals surface area contributed by atoms with Crippen LogP contribution in [0.15, 0.2) is 18.2 Å². The Morgan fingerprint density at radius 2 is 2.15 bits per heavy atom. The second-order valence-corrected chi connectivity index (χ2v) is 2.09. The number of aromatic hydroxyl groups is 1. The van der Waals surface area contributed by atoms with E-state index in [1.54, 1.807) is 0 Å². The summed E-state index contributed by atoms with van der Waals surface area (Å²) in [5.41, 5.74) is -0.352. The number of hydrogen-bond donors (Lipinski definition) is 1. The number of rotatable bonds is 2. The number of hydrogen-bond acceptors (Lipinski definition) is 4. The number of para-hydroxylation sites is 1. The molecule has 1 radical (unpaired) electrons. The van der Waals surface area contributed by atoms with Gasteiger partial charge in [0.2, 0.25) is 5.75 Å². The number of nitrogens with zero attached hydrogens (tertiary/aromatic N) is 1. The standard InChI is InChI=1S/C7H7NO4.Na/c1-12-6-4-2-3-5(7(6)9)8(10)11;/h2-4,9H,1H3;. The minimum absolute atomic E-state index is 0. The van der Waals surface area contributed by atoms with Crippen molar-refractivity contribution < 1.29 is 14.8 Å². The second-order valence-electron chi connectivity index (χ2n) is 2.09. The average Bonchev–Trinajstić information content (AvgIpc) is 2.04.